The maximum Gasteiger partial charge on any atom is 0.161 e. The lowest BCUT2D eigenvalue weighted by Crippen LogP contribution is -2.02. The Morgan fingerprint density at radius 1 is 1.21 bits per heavy atom. The zero-order valence-corrected chi connectivity index (χ0v) is 10.7. The summed E-state index contributed by atoms with van der Waals surface area (Å²) in [6, 6.07) is 10.7. The van der Waals surface area contributed by atoms with Crippen LogP contribution in [-0.2, 0) is 13.2 Å². The molecule has 5 heteroatoms. The Bertz CT molecular complexity index is 558. The Labute approximate surface area is 111 Å². The van der Waals surface area contributed by atoms with Gasteiger partial charge in [-0.05, 0) is 29.8 Å². The van der Waals surface area contributed by atoms with Gasteiger partial charge in [0, 0.05) is 0 Å². The number of rotatable bonds is 5. The lowest BCUT2D eigenvalue weighted by atomic mass is 10.2. The monoisotopic (exact) mass is 260 g/mol. The Balaban J connectivity index is 2.11. The van der Waals surface area contributed by atoms with Crippen molar-refractivity contribution in [2.24, 2.45) is 0 Å². The normalized spacial score (nSPS) is 10.2. The second-order valence-corrected chi connectivity index (χ2v) is 3.99. The van der Waals surface area contributed by atoms with Gasteiger partial charge in [0.2, 0.25) is 0 Å². The maximum atomic E-state index is 9.07. The minimum Gasteiger partial charge on any atom is -0.493 e. The van der Waals surface area contributed by atoms with Crippen molar-refractivity contribution in [1.82, 2.24) is 4.98 Å². The van der Waals surface area contributed by atoms with Crippen LogP contribution in [0.5, 0.6) is 11.5 Å². The van der Waals surface area contributed by atoms with Crippen molar-refractivity contribution in [3.63, 3.8) is 0 Å². The van der Waals surface area contributed by atoms with Crippen LogP contribution in [0, 0.1) is 0 Å². The Hall–Kier alpha value is -2.27. The summed E-state index contributed by atoms with van der Waals surface area (Å²) in [5.74, 6) is 1.64. The van der Waals surface area contributed by atoms with Crippen LogP contribution >= 0.6 is 0 Å². The third-order valence-corrected chi connectivity index (χ3v) is 2.61. The van der Waals surface area contributed by atoms with E-state index in [0.29, 0.717) is 23.9 Å². The van der Waals surface area contributed by atoms with E-state index >= 15 is 0 Å². The van der Waals surface area contributed by atoms with Crippen molar-refractivity contribution >= 4 is 5.82 Å². The molecule has 0 aliphatic carbocycles. The molecule has 0 spiro atoms. The predicted octanol–water partition coefficient (Wildman–Crippen LogP) is 1.74. The van der Waals surface area contributed by atoms with E-state index in [0.717, 1.165) is 11.3 Å². The van der Waals surface area contributed by atoms with Gasteiger partial charge < -0.3 is 20.3 Å². The number of nitrogen functional groups attached to an aromatic ring is 1. The SMILES string of the molecule is COc1cc(CO)ccc1OCc1cccc(N)n1. The highest BCUT2D eigenvalue weighted by Gasteiger charge is 2.06. The molecular weight excluding hydrogens is 244 g/mol. The van der Waals surface area contributed by atoms with E-state index in [1.54, 1.807) is 31.4 Å². The number of aliphatic hydroxyl groups is 1. The quantitative estimate of drug-likeness (QED) is 0.856. The van der Waals surface area contributed by atoms with Gasteiger partial charge in [-0.25, -0.2) is 4.98 Å². The first kappa shape index (κ1) is 13.2. The average molecular weight is 260 g/mol. The summed E-state index contributed by atoms with van der Waals surface area (Å²) in [5.41, 5.74) is 7.12. The molecule has 0 bridgehead atoms. The number of nitrogens with two attached hydrogens (primary N) is 1. The van der Waals surface area contributed by atoms with Crippen molar-refractivity contribution in [2.45, 2.75) is 13.2 Å². The van der Waals surface area contributed by atoms with Crippen molar-refractivity contribution in [2.75, 3.05) is 12.8 Å². The first-order valence-electron chi connectivity index (χ1n) is 5.85. The van der Waals surface area contributed by atoms with Crippen LogP contribution in [-0.4, -0.2) is 17.2 Å². The van der Waals surface area contributed by atoms with Crippen molar-refractivity contribution in [3.8, 4) is 11.5 Å². The van der Waals surface area contributed by atoms with E-state index in [1.807, 2.05) is 12.1 Å². The third-order valence-electron chi connectivity index (χ3n) is 2.61. The molecule has 2 rings (SSSR count). The molecule has 0 saturated carbocycles. The number of anilines is 1. The zero-order valence-electron chi connectivity index (χ0n) is 10.7. The number of benzene rings is 1. The number of aromatic nitrogens is 1. The van der Waals surface area contributed by atoms with E-state index < -0.39 is 0 Å². The Morgan fingerprint density at radius 2 is 2.05 bits per heavy atom. The lowest BCUT2D eigenvalue weighted by molar-refractivity contribution is 0.272. The fourth-order valence-corrected chi connectivity index (χ4v) is 1.66. The second kappa shape index (κ2) is 6.06. The van der Waals surface area contributed by atoms with Gasteiger partial charge in [0.15, 0.2) is 11.5 Å². The smallest absolute Gasteiger partial charge is 0.161 e. The molecule has 1 aromatic carbocycles. The number of pyridine rings is 1. The highest BCUT2D eigenvalue weighted by Crippen LogP contribution is 2.28. The maximum absolute atomic E-state index is 9.07. The molecule has 3 N–H and O–H groups in total. The summed E-state index contributed by atoms with van der Waals surface area (Å²) in [6.45, 7) is 0.271. The number of methoxy groups -OCH3 is 1. The molecule has 2 aromatic rings. The van der Waals surface area contributed by atoms with Gasteiger partial charge in [-0.3, -0.25) is 0 Å². The van der Waals surface area contributed by atoms with Crippen LogP contribution in [0.4, 0.5) is 5.82 Å². The molecule has 19 heavy (non-hydrogen) atoms. The van der Waals surface area contributed by atoms with Crippen LogP contribution in [0.1, 0.15) is 11.3 Å². The van der Waals surface area contributed by atoms with Crippen molar-refractivity contribution < 1.29 is 14.6 Å². The van der Waals surface area contributed by atoms with Crippen molar-refractivity contribution in [3.05, 3.63) is 47.7 Å². The van der Waals surface area contributed by atoms with Crippen LogP contribution in [0.15, 0.2) is 36.4 Å². The minimum atomic E-state index is -0.0343. The number of nitrogens with zero attached hydrogens (tertiary/aromatic N) is 1. The molecule has 1 heterocycles. The van der Waals surface area contributed by atoms with Gasteiger partial charge in [-0.2, -0.15) is 0 Å². The standard InChI is InChI=1S/C14H16N2O3/c1-18-13-7-10(8-17)5-6-12(13)19-9-11-3-2-4-14(15)16-11/h2-7,17H,8-9H2,1H3,(H2,15,16). The third kappa shape index (κ3) is 3.35. The number of hydrogen-bond donors (Lipinski definition) is 2. The van der Waals surface area contributed by atoms with Crippen LogP contribution in [0.2, 0.25) is 0 Å². The van der Waals surface area contributed by atoms with Gasteiger partial charge in [0.1, 0.15) is 12.4 Å². The summed E-state index contributed by atoms with van der Waals surface area (Å²) in [5, 5.41) is 9.07. The molecule has 0 amide bonds. The zero-order chi connectivity index (χ0) is 13.7. The van der Waals surface area contributed by atoms with Gasteiger partial charge in [-0.1, -0.05) is 12.1 Å². The highest BCUT2D eigenvalue weighted by atomic mass is 16.5. The molecule has 0 radical (unpaired) electrons. The Morgan fingerprint density at radius 3 is 2.74 bits per heavy atom. The van der Waals surface area contributed by atoms with E-state index in [9.17, 15) is 0 Å². The summed E-state index contributed by atoms with van der Waals surface area (Å²) in [4.78, 5) is 4.15. The van der Waals surface area contributed by atoms with E-state index in [4.69, 9.17) is 20.3 Å². The Kier molecular flexibility index (Phi) is 4.20. The average Bonchev–Trinajstić information content (AvgIpc) is 2.45. The number of aliphatic hydroxyl groups excluding tert-OH is 1. The number of ether oxygens (including phenoxy) is 2. The molecule has 0 fully saturated rings. The molecule has 0 atom stereocenters. The van der Waals surface area contributed by atoms with Gasteiger partial charge in [0.25, 0.3) is 0 Å². The molecule has 100 valence electrons. The predicted molar refractivity (Wildman–Crippen MR) is 71.9 cm³/mol. The molecule has 0 aliphatic rings. The summed E-state index contributed by atoms with van der Waals surface area (Å²) in [7, 11) is 1.56. The highest BCUT2D eigenvalue weighted by molar-refractivity contribution is 5.42. The topological polar surface area (TPSA) is 77.6 Å². The van der Waals surface area contributed by atoms with E-state index in [-0.39, 0.29) is 6.61 Å². The van der Waals surface area contributed by atoms with E-state index in [1.165, 1.54) is 0 Å². The lowest BCUT2D eigenvalue weighted by Gasteiger charge is -2.11. The fourth-order valence-electron chi connectivity index (χ4n) is 1.66. The van der Waals surface area contributed by atoms with Crippen LogP contribution < -0.4 is 15.2 Å². The fraction of sp³-hybridized carbons (Fsp3) is 0.214. The summed E-state index contributed by atoms with van der Waals surface area (Å²) < 4.78 is 10.9. The van der Waals surface area contributed by atoms with Gasteiger partial charge in [-0.15, -0.1) is 0 Å². The van der Waals surface area contributed by atoms with Crippen LogP contribution in [0.25, 0.3) is 0 Å². The molecule has 0 saturated heterocycles. The van der Waals surface area contributed by atoms with Gasteiger partial charge >= 0.3 is 0 Å². The molecule has 0 unspecified atom stereocenters. The van der Waals surface area contributed by atoms with Crippen LogP contribution in [0.3, 0.4) is 0 Å². The first-order chi connectivity index (χ1) is 9.22. The largest absolute Gasteiger partial charge is 0.493 e. The second-order valence-electron chi connectivity index (χ2n) is 3.99. The summed E-state index contributed by atoms with van der Waals surface area (Å²) in [6.07, 6.45) is 0. The summed E-state index contributed by atoms with van der Waals surface area (Å²) >= 11 is 0. The van der Waals surface area contributed by atoms with Gasteiger partial charge in [0.05, 0.1) is 19.4 Å². The minimum absolute atomic E-state index is 0.0343. The molecule has 5 nitrogen and oxygen atoms in total. The van der Waals surface area contributed by atoms with E-state index in [2.05, 4.69) is 4.98 Å². The molecule has 1 aromatic heterocycles. The van der Waals surface area contributed by atoms with Crippen molar-refractivity contribution in [1.29, 1.82) is 0 Å². The first-order valence-corrected chi connectivity index (χ1v) is 5.85. The number of hydrogen-bond acceptors (Lipinski definition) is 5. The molecular formula is C14H16N2O3. The molecule has 0 aliphatic heterocycles.